The van der Waals surface area contributed by atoms with Gasteiger partial charge in [-0.05, 0) is 31.0 Å². The molecule has 0 amide bonds. The van der Waals surface area contributed by atoms with Crippen LogP contribution >= 0.6 is 0 Å². The van der Waals surface area contributed by atoms with Crippen molar-refractivity contribution >= 4 is 5.78 Å². The quantitative estimate of drug-likeness (QED) is 0.787. The number of aromatic hydroxyl groups is 1. The van der Waals surface area contributed by atoms with Gasteiger partial charge >= 0.3 is 0 Å². The van der Waals surface area contributed by atoms with Crippen molar-refractivity contribution in [3.05, 3.63) is 47.0 Å². The predicted molar refractivity (Wildman–Crippen MR) is 91.6 cm³/mol. The van der Waals surface area contributed by atoms with Crippen LogP contribution in [0.15, 0.2) is 30.3 Å². The van der Waals surface area contributed by atoms with Crippen LogP contribution in [0.25, 0.3) is 0 Å². The lowest BCUT2D eigenvalue weighted by Crippen LogP contribution is -2.06. The average molecular weight is 330 g/mol. The minimum atomic E-state index is -0.175. The van der Waals surface area contributed by atoms with Crippen LogP contribution in [0.1, 0.15) is 27.9 Å². The summed E-state index contributed by atoms with van der Waals surface area (Å²) in [6, 6.07) is 8.99. The van der Waals surface area contributed by atoms with Gasteiger partial charge in [-0.2, -0.15) is 0 Å². The zero-order valence-electron chi connectivity index (χ0n) is 14.4. The van der Waals surface area contributed by atoms with Crippen molar-refractivity contribution in [2.75, 3.05) is 21.3 Å². The summed E-state index contributed by atoms with van der Waals surface area (Å²) in [6.45, 7) is 1.79. The first-order valence-electron chi connectivity index (χ1n) is 7.62. The Hall–Kier alpha value is -2.69. The Balaban J connectivity index is 2.21. The van der Waals surface area contributed by atoms with Gasteiger partial charge < -0.3 is 19.3 Å². The number of carbonyl (C=O) groups is 1. The Morgan fingerprint density at radius 1 is 1.04 bits per heavy atom. The van der Waals surface area contributed by atoms with Gasteiger partial charge in [-0.1, -0.05) is 12.1 Å². The maximum atomic E-state index is 12.6. The summed E-state index contributed by atoms with van der Waals surface area (Å²) < 4.78 is 15.6. The van der Waals surface area contributed by atoms with E-state index >= 15 is 0 Å². The summed E-state index contributed by atoms with van der Waals surface area (Å²) in [5.74, 6) is 1.30. The number of aryl methyl sites for hydroxylation is 1. The number of ether oxygens (including phenoxy) is 3. The Bertz CT molecular complexity index is 720. The molecule has 1 N–H and O–H groups in total. The fraction of sp³-hybridized carbons (Fsp3) is 0.316. The molecule has 0 aliphatic rings. The first kappa shape index (κ1) is 17.7. The molecular formula is C19H22O5. The minimum absolute atomic E-state index is 0.131. The molecule has 0 radical (unpaired) electrons. The van der Waals surface area contributed by atoms with Crippen LogP contribution in [0.2, 0.25) is 0 Å². The summed E-state index contributed by atoms with van der Waals surface area (Å²) in [5.41, 5.74) is 1.91. The number of Topliss-reactive ketones (excluding diaryl/α,β-unsaturated/α-hetero) is 1. The highest BCUT2D eigenvalue weighted by Gasteiger charge is 2.22. The zero-order chi connectivity index (χ0) is 17.7. The van der Waals surface area contributed by atoms with Gasteiger partial charge in [-0.25, -0.2) is 0 Å². The first-order valence-corrected chi connectivity index (χ1v) is 7.62. The van der Waals surface area contributed by atoms with E-state index in [0.717, 1.165) is 11.3 Å². The number of methoxy groups -OCH3 is 3. The fourth-order valence-electron chi connectivity index (χ4n) is 2.63. The molecule has 0 bridgehead atoms. The van der Waals surface area contributed by atoms with E-state index in [1.165, 1.54) is 20.3 Å². The highest BCUT2D eigenvalue weighted by molar-refractivity contribution is 6.02. The third kappa shape index (κ3) is 3.62. The van der Waals surface area contributed by atoms with Gasteiger partial charge in [-0.15, -0.1) is 0 Å². The summed E-state index contributed by atoms with van der Waals surface area (Å²) in [7, 11) is 4.59. The Labute approximate surface area is 141 Å². The molecule has 24 heavy (non-hydrogen) atoms. The van der Waals surface area contributed by atoms with E-state index in [1.54, 1.807) is 14.0 Å². The molecule has 0 saturated carbocycles. The van der Waals surface area contributed by atoms with E-state index in [1.807, 2.05) is 24.3 Å². The molecule has 128 valence electrons. The van der Waals surface area contributed by atoms with Gasteiger partial charge in [-0.3, -0.25) is 4.79 Å². The van der Waals surface area contributed by atoms with E-state index in [4.69, 9.17) is 14.2 Å². The minimum Gasteiger partial charge on any atom is -0.507 e. The molecule has 0 fully saturated rings. The topological polar surface area (TPSA) is 65.0 Å². The molecule has 5 heteroatoms. The van der Waals surface area contributed by atoms with Gasteiger partial charge in [0.25, 0.3) is 0 Å². The predicted octanol–water partition coefficient (Wildman–Crippen LogP) is 3.54. The number of ketones is 1. The van der Waals surface area contributed by atoms with Crippen LogP contribution in [-0.4, -0.2) is 32.2 Å². The van der Waals surface area contributed by atoms with Gasteiger partial charge in [0.05, 0.1) is 21.3 Å². The molecule has 0 spiro atoms. The van der Waals surface area contributed by atoms with E-state index in [0.29, 0.717) is 23.5 Å². The Morgan fingerprint density at radius 2 is 1.71 bits per heavy atom. The van der Waals surface area contributed by atoms with E-state index < -0.39 is 0 Å². The van der Waals surface area contributed by atoms with Gasteiger partial charge in [0.15, 0.2) is 5.78 Å². The molecular weight excluding hydrogens is 308 g/mol. The van der Waals surface area contributed by atoms with Gasteiger partial charge in [0.1, 0.15) is 28.6 Å². The molecule has 0 heterocycles. The maximum Gasteiger partial charge on any atom is 0.170 e. The van der Waals surface area contributed by atoms with E-state index in [-0.39, 0.29) is 23.5 Å². The lowest BCUT2D eigenvalue weighted by Gasteiger charge is -2.15. The molecule has 0 saturated heterocycles. The van der Waals surface area contributed by atoms with Gasteiger partial charge in [0, 0.05) is 18.1 Å². The molecule has 0 aliphatic heterocycles. The Morgan fingerprint density at radius 3 is 2.25 bits per heavy atom. The molecule has 0 aliphatic carbocycles. The largest absolute Gasteiger partial charge is 0.507 e. The summed E-state index contributed by atoms with van der Waals surface area (Å²) >= 11 is 0. The highest BCUT2D eigenvalue weighted by atomic mass is 16.5. The normalized spacial score (nSPS) is 10.3. The number of benzene rings is 2. The molecule has 5 nitrogen and oxygen atoms in total. The second-order valence-electron chi connectivity index (χ2n) is 5.40. The van der Waals surface area contributed by atoms with Crippen molar-refractivity contribution in [2.45, 2.75) is 19.8 Å². The molecule has 0 unspecified atom stereocenters. The average Bonchev–Trinajstić information content (AvgIpc) is 2.61. The third-order valence-electron chi connectivity index (χ3n) is 3.96. The second kappa shape index (κ2) is 7.73. The number of hydrogen-bond donors (Lipinski definition) is 1. The Kier molecular flexibility index (Phi) is 5.68. The van der Waals surface area contributed by atoms with Crippen molar-refractivity contribution in [3.8, 4) is 23.0 Å². The van der Waals surface area contributed by atoms with Crippen molar-refractivity contribution in [3.63, 3.8) is 0 Å². The summed E-state index contributed by atoms with van der Waals surface area (Å²) in [6.07, 6.45) is 0.832. The first-order chi connectivity index (χ1) is 11.5. The second-order valence-corrected chi connectivity index (χ2v) is 5.40. The van der Waals surface area contributed by atoms with E-state index in [9.17, 15) is 9.90 Å². The number of hydrogen-bond acceptors (Lipinski definition) is 5. The lowest BCUT2D eigenvalue weighted by molar-refractivity contribution is 0.0977. The van der Waals surface area contributed by atoms with Crippen molar-refractivity contribution in [1.82, 2.24) is 0 Å². The number of phenols is 1. The van der Waals surface area contributed by atoms with Crippen LogP contribution in [0.4, 0.5) is 0 Å². The van der Waals surface area contributed by atoms with Crippen LogP contribution in [0.3, 0.4) is 0 Å². The summed E-state index contributed by atoms with van der Waals surface area (Å²) in [5, 5.41) is 10.2. The van der Waals surface area contributed by atoms with Crippen LogP contribution in [0, 0.1) is 6.92 Å². The van der Waals surface area contributed by atoms with Crippen LogP contribution in [-0.2, 0) is 6.42 Å². The number of rotatable bonds is 7. The number of carbonyl (C=O) groups excluding carboxylic acids is 1. The van der Waals surface area contributed by atoms with Crippen molar-refractivity contribution in [2.24, 2.45) is 0 Å². The van der Waals surface area contributed by atoms with Crippen molar-refractivity contribution in [1.29, 1.82) is 0 Å². The number of phenolic OH excluding ortho intramolecular Hbond substituents is 1. The standard InChI is InChI=1S/C19H22O5/c1-12-17(23-3)11-16(21)18(19(12)24-4)15(20)10-7-13-5-8-14(22-2)9-6-13/h5-6,8-9,11,21H,7,10H2,1-4H3. The van der Waals surface area contributed by atoms with Gasteiger partial charge in [0.2, 0.25) is 0 Å². The van der Waals surface area contributed by atoms with Crippen LogP contribution < -0.4 is 14.2 Å². The monoisotopic (exact) mass is 330 g/mol. The zero-order valence-corrected chi connectivity index (χ0v) is 14.4. The molecule has 0 aromatic heterocycles. The maximum absolute atomic E-state index is 12.6. The van der Waals surface area contributed by atoms with E-state index in [2.05, 4.69) is 0 Å². The van der Waals surface area contributed by atoms with Crippen LogP contribution in [0.5, 0.6) is 23.0 Å². The third-order valence-corrected chi connectivity index (χ3v) is 3.96. The molecule has 2 aromatic rings. The van der Waals surface area contributed by atoms with Crippen molar-refractivity contribution < 1.29 is 24.1 Å². The lowest BCUT2D eigenvalue weighted by atomic mass is 9.98. The SMILES string of the molecule is COc1ccc(CCC(=O)c2c(O)cc(OC)c(C)c2OC)cc1. The summed E-state index contributed by atoms with van der Waals surface area (Å²) in [4.78, 5) is 12.6. The highest BCUT2D eigenvalue weighted by Crippen LogP contribution is 2.38. The fourth-order valence-corrected chi connectivity index (χ4v) is 2.63. The molecule has 0 atom stereocenters. The molecule has 2 aromatic carbocycles. The smallest absolute Gasteiger partial charge is 0.170 e. The molecule has 2 rings (SSSR count).